The maximum absolute atomic E-state index is 12.7. The van der Waals surface area contributed by atoms with Crippen LogP contribution in [-0.4, -0.2) is 34.9 Å². The summed E-state index contributed by atoms with van der Waals surface area (Å²) < 4.78 is 28.5. The van der Waals surface area contributed by atoms with E-state index >= 15 is 0 Å². The molecule has 2 heterocycles. The molecular formula is C12H20ClN3O2S. The van der Waals surface area contributed by atoms with Crippen molar-refractivity contribution in [2.45, 2.75) is 50.1 Å². The van der Waals surface area contributed by atoms with Crippen LogP contribution in [0, 0.1) is 0 Å². The highest BCUT2D eigenvalue weighted by Gasteiger charge is 2.35. The molecule has 0 radical (unpaired) electrons. The van der Waals surface area contributed by atoms with Crippen molar-refractivity contribution in [3.8, 4) is 0 Å². The highest BCUT2D eigenvalue weighted by Crippen LogP contribution is 2.29. The molecule has 1 aliphatic heterocycles. The molecule has 0 saturated carbocycles. The zero-order valence-electron chi connectivity index (χ0n) is 11.3. The van der Waals surface area contributed by atoms with Gasteiger partial charge < -0.3 is 4.57 Å². The predicted octanol–water partition coefficient (Wildman–Crippen LogP) is 2.42. The van der Waals surface area contributed by atoms with Gasteiger partial charge in [-0.2, -0.15) is 4.31 Å². The van der Waals surface area contributed by atoms with Gasteiger partial charge in [0, 0.05) is 19.6 Å². The number of halogens is 1. The molecule has 2 rings (SSSR count). The Labute approximate surface area is 119 Å². The fourth-order valence-corrected chi connectivity index (χ4v) is 4.71. The van der Waals surface area contributed by atoms with Gasteiger partial charge in [-0.05, 0) is 19.3 Å². The summed E-state index contributed by atoms with van der Waals surface area (Å²) in [7, 11) is -1.89. The number of aromatic nitrogens is 2. The van der Waals surface area contributed by atoms with Gasteiger partial charge in [0.15, 0.2) is 0 Å². The minimum absolute atomic E-state index is 0.0142. The van der Waals surface area contributed by atoms with Crippen LogP contribution in [0.5, 0.6) is 0 Å². The zero-order valence-corrected chi connectivity index (χ0v) is 12.9. The van der Waals surface area contributed by atoms with Crippen LogP contribution in [0.2, 0.25) is 5.15 Å². The van der Waals surface area contributed by atoms with Crippen LogP contribution in [-0.2, 0) is 17.1 Å². The van der Waals surface area contributed by atoms with Gasteiger partial charge in [-0.25, -0.2) is 13.4 Å². The molecule has 0 N–H and O–H groups in total. The van der Waals surface area contributed by atoms with E-state index < -0.39 is 10.0 Å². The minimum Gasteiger partial charge on any atom is -0.324 e. The Hall–Kier alpha value is -0.590. The summed E-state index contributed by atoms with van der Waals surface area (Å²) >= 11 is 6.03. The number of imidazole rings is 1. The summed E-state index contributed by atoms with van der Waals surface area (Å²) in [6, 6.07) is 0.0850. The Bertz CT molecular complexity index is 539. The van der Waals surface area contributed by atoms with Crippen LogP contribution in [0.15, 0.2) is 11.4 Å². The molecular weight excluding hydrogens is 286 g/mol. The summed E-state index contributed by atoms with van der Waals surface area (Å²) in [4.78, 5) is 3.96. The van der Waals surface area contributed by atoms with Crippen molar-refractivity contribution in [2.24, 2.45) is 7.05 Å². The fourth-order valence-electron chi connectivity index (χ4n) is 2.59. The molecule has 1 atom stereocenters. The molecule has 1 unspecified atom stereocenters. The maximum Gasteiger partial charge on any atom is 0.263 e. The molecule has 1 fully saturated rings. The van der Waals surface area contributed by atoms with Crippen molar-refractivity contribution in [3.63, 3.8) is 0 Å². The second kappa shape index (κ2) is 5.81. The molecule has 108 valence electrons. The Morgan fingerprint density at radius 3 is 2.79 bits per heavy atom. The lowest BCUT2D eigenvalue weighted by molar-refractivity contribution is 0.239. The SMILES string of the molecule is CCCC1CCCCN1S(=O)(=O)c1ncn(C)c1Cl. The molecule has 1 aromatic rings. The quantitative estimate of drug-likeness (QED) is 0.858. The molecule has 1 aliphatic rings. The molecule has 5 nitrogen and oxygen atoms in total. The molecule has 1 aromatic heterocycles. The van der Waals surface area contributed by atoms with E-state index in [0.717, 1.165) is 32.1 Å². The zero-order chi connectivity index (χ0) is 14.0. The van der Waals surface area contributed by atoms with Gasteiger partial charge in [0.05, 0.1) is 6.33 Å². The minimum atomic E-state index is -3.57. The molecule has 0 aliphatic carbocycles. The summed E-state index contributed by atoms with van der Waals surface area (Å²) in [5.41, 5.74) is 0. The van der Waals surface area contributed by atoms with Crippen molar-refractivity contribution in [2.75, 3.05) is 6.54 Å². The molecule has 1 saturated heterocycles. The van der Waals surface area contributed by atoms with Crippen molar-refractivity contribution in [3.05, 3.63) is 11.5 Å². The number of piperidine rings is 1. The number of nitrogens with zero attached hydrogens (tertiary/aromatic N) is 3. The van der Waals surface area contributed by atoms with Gasteiger partial charge >= 0.3 is 0 Å². The number of aryl methyl sites for hydroxylation is 1. The van der Waals surface area contributed by atoms with Crippen LogP contribution >= 0.6 is 11.6 Å². The van der Waals surface area contributed by atoms with Gasteiger partial charge in [-0.1, -0.05) is 31.4 Å². The third kappa shape index (κ3) is 2.80. The number of rotatable bonds is 4. The first-order chi connectivity index (χ1) is 8.98. The maximum atomic E-state index is 12.7. The smallest absolute Gasteiger partial charge is 0.263 e. The van der Waals surface area contributed by atoms with Crippen LogP contribution in [0.25, 0.3) is 0 Å². The summed E-state index contributed by atoms with van der Waals surface area (Å²) in [6.07, 6.45) is 6.23. The highest BCUT2D eigenvalue weighted by molar-refractivity contribution is 7.89. The average Bonchev–Trinajstić information content (AvgIpc) is 2.71. The van der Waals surface area contributed by atoms with Crippen LogP contribution in [0.1, 0.15) is 39.0 Å². The summed E-state index contributed by atoms with van der Waals surface area (Å²) in [5, 5.41) is 0.167. The van der Waals surface area contributed by atoms with Crippen LogP contribution < -0.4 is 0 Å². The van der Waals surface area contributed by atoms with Crippen LogP contribution in [0.3, 0.4) is 0 Å². The Balaban J connectivity index is 2.34. The standard InChI is InChI=1S/C12H20ClN3O2S/c1-3-6-10-7-4-5-8-16(10)19(17,18)12-11(13)15(2)9-14-12/h9-10H,3-8H2,1-2H3. The summed E-state index contributed by atoms with van der Waals surface area (Å²) in [6.45, 7) is 2.65. The Kier molecular flexibility index (Phi) is 4.53. The number of hydrogen-bond donors (Lipinski definition) is 0. The van der Waals surface area contributed by atoms with E-state index in [4.69, 9.17) is 11.6 Å². The van der Waals surface area contributed by atoms with Crippen molar-refractivity contribution in [1.29, 1.82) is 0 Å². The summed E-state index contributed by atoms with van der Waals surface area (Å²) in [5.74, 6) is 0. The fraction of sp³-hybridized carbons (Fsp3) is 0.750. The molecule has 0 spiro atoms. The molecule has 0 bridgehead atoms. The number of sulfonamides is 1. The second-order valence-electron chi connectivity index (χ2n) is 5.01. The first kappa shape index (κ1) is 14.8. The van der Waals surface area contributed by atoms with E-state index in [1.165, 1.54) is 10.9 Å². The predicted molar refractivity (Wildman–Crippen MR) is 74.7 cm³/mol. The van der Waals surface area contributed by atoms with Gasteiger partial charge in [0.2, 0.25) is 5.03 Å². The van der Waals surface area contributed by atoms with E-state index in [2.05, 4.69) is 11.9 Å². The Morgan fingerprint density at radius 2 is 2.21 bits per heavy atom. The van der Waals surface area contributed by atoms with E-state index in [9.17, 15) is 8.42 Å². The first-order valence-corrected chi connectivity index (χ1v) is 8.49. The van der Waals surface area contributed by atoms with Crippen molar-refractivity contribution in [1.82, 2.24) is 13.9 Å². The lowest BCUT2D eigenvalue weighted by atomic mass is 10.0. The lowest BCUT2D eigenvalue weighted by Crippen LogP contribution is -2.43. The lowest BCUT2D eigenvalue weighted by Gasteiger charge is -2.34. The van der Waals surface area contributed by atoms with E-state index in [1.54, 1.807) is 11.4 Å². The first-order valence-electron chi connectivity index (χ1n) is 6.67. The molecule has 0 aromatic carbocycles. The van der Waals surface area contributed by atoms with E-state index in [1.807, 2.05) is 0 Å². The topological polar surface area (TPSA) is 55.2 Å². The van der Waals surface area contributed by atoms with Gasteiger partial charge in [0.1, 0.15) is 5.15 Å². The van der Waals surface area contributed by atoms with E-state index in [0.29, 0.717) is 6.54 Å². The molecule has 7 heteroatoms. The average molecular weight is 306 g/mol. The Morgan fingerprint density at radius 1 is 1.47 bits per heavy atom. The number of hydrogen-bond acceptors (Lipinski definition) is 3. The van der Waals surface area contributed by atoms with Crippen molar-refractivity contribution >= 4 is 21.6 Å². The third-order valence-electron chi connectivity index (χ3n) is 3.58. The normalized spacial score (nSPS) is 21.7. The van der Waals surface area contributed by atoms with Crippen LogP contribution in [0.4, 0.5) is 0 Å². The highest BCUT2D eigenvalue weighted by atomic mass is 35.5. The van der Waals surface area contributed by atoms with E-state index in [-0.39, 0.29) is 16.2 Å². The van der Waals surface area contributed by atoms with Gasteiger partial charge in [0.25, 0.3) is 10.0 Å². The monoisotopic (exact) mass is 305 g/mol. The van der Waals surface area contributed by atoms with Gasteiger partial charge in [-0.15, -0.1) is 0 Å². The van der Waals surface area contributed by atoms with Crippen molar-refractivity contribution < 1.29 is 8.42 Å². The van der Waals surface area contributed by atoms with Gasteiger partial charge in [-0.3, -0.25) is 0 Å². The second-order valence-corrected chi connectivity index (χ2v) is 7.17. The molecule has 19 heavy (non-hydrogen) atoms. The third-order valence-corrected chi connectivity index (χ3v) is 6.03. The largest absolute Gasteiger partial charge is 0.324 e. The molecule has 0 amide bonds.